The van der Waals surface area contributed by atoms with Gasteiger partial charge >= 0.3 is 11.6 Å². The first-order valence-corrected chi connectivity index (χ1v) is 9.36. The fraction of sp³-hybridized carbons (Fsp3) is 0.167. The van der Waals surface area contributed by atoms with E-state index in [0.29, 0.717) is 16.9 Å². The van der Waals surface area contributed by atoms with E-state index in [1.807, 2.05) is 55.5 Å². The van der Waals surface area contributed by atoms with Gasteiger partial charge in [-0.05, 0) is 48.4 Å². The molecule has 0 unspecified atom stereocenters. The Balaban J connectivity index is 1.58. The number of hydrogen-bond donors (Lipinski definition) is 0. The number of ether oxygens (including phenoxy) is 2. The number of hydrogen-bond acceptors (Lipinski definition) is 5. The summed E-state index contributed by atoms with van der Waals surface area (Å²) in [5.74, 6) is 0.0967. The van der Waals surface area contributed by atoms with Gasteiger partial charge in [-0.15, -0.1) is 0 Å². The molecule has 0 radical (unpaired) electrons. The number of benzene rings is 3. The molecule has 5 nitrogen and oxygen atoms in total. The van der Waals surface area contributed by atoms with E-state index in [1.54, 1.807) is 19.1 Å². The molecular formula is C24H20O5. The molecule has 0 amide bonds. The third kappa shape index (κ3) is 3.99. The van der Waals surface area contributed by atoms with Crippen LogP contribution in [0.1, 0.15) is 18.1 Å². The van der Waals surface area contributed by atoms with Gasteiger partial charge in [0.15, 0.2) is 6.10 Å². The highest BCUT2D eigenvalue weighted by atomic mass is 16.6. The average molecular weight is 388 g/mol. The minimum Gasteiger partial charge on any atom is -0.479 e. The Morgan fingerprint density at radius 3 is 2.69 bits per heavy atom. The van der Waals surface area contributed by atoms with Gasteiger partial charge in [0.25, 0.3) is 0 Å². The van der Waals surface area contributed by atoms with E-state index < -0.39 is 17.7 Å². The molecule has 1 aromatic heterocycles. The zero-order chi connectivity index (χ0) is 20.4. The Kier molecular flexibility index (Phi) is 5.04. The number of aryl methyl sites for hydroxylation is 1. The molecule has 1 heterocycles. The summed E-state index contributed by atoms with van der Waals surface area (Å²) in [6.07, 6.45) is -0.778. The van der Waals surface area contributed by atoms with Crippen LogP contribution in [0.25, 0.3) is 21.7 Å². The summed E-state index contributed by atoms with van der Waals surface area (Å²) >= 11 is 0. The first-order chi connectivity index (χ1) is 14.0. The summed E-state index contributed by atoms with van der Waals surface area (Å²) in [7, 11) is 0. The molecular weight excluding hydrogens is 368 g/mol. The first-order valence-electron chi connectivity index (χ1n) is 9.36. The minimum atomic E-state index is -0.778. The lowest BCUT2D eigenvalue weighted by Gasteiger charge is -2.15. The smallest absolute Gasteiger partial charge is 0.347 e. The molecule has 0 saturated heterocycles. The molecule has 0 aliphatic carbocycles. The normalized spacial score (nSPS) is 12.1. The van der Waals surface area contributed by atoms with Gasteiger partial charge in [-0.1, -0.05) is 42.5 Å². The van der Waals surface area contributed by atoms with Gasteiger partial charge in [0.2, 0.25) is 0 Å². The molecule has 0 spiro atoms. The van der Waals surface area contributed by atoms with E-state index in [9.17, 15) is 9.59 Å². The molecule has 4 rings (SSSR count). The summed E-state index contributed by atoms with van der Waals surface area (Å²) in [5, 5.41) is 2.71. The van der Waals surface area contributed by atoms with E-state index in [1.165, 1.54) is 6.07 Å². The van der Waals surface area contributed by atoms with Crippen LogP contribution >= 0.6 is 0 Å². The van der Waals surface area contributed by atoms with Crippen molar-refractivity contribution in [3.8, 4) is 5.75 Å². The second-order valence-corrected chi connectivity index (χ2v) is 6.93. The van der Waals surface area contributed by atoms with Crippen molar-refractivity contribution in [2.75, 3.05) is 0 Å². The second-order valence-electron chi connectivity index (χ2n) is 6.93. The van der Waals surface area contributed by atoms with Crippen molar-refractivity contribution in [3.05, 3.63) is 88.3 Å². The maximum Gasteiger partial charge on any atom is 0.347 e. The largest absolute Gasteiger partial charge is 0.479 e. The molecule has 0 aliphatic heterocycles. The zero-order valence-electron chi connectivity index (χ0n) is 16.2. The number of esters is 1. The van der Waals surface area contributed by atoms with Crippen molar-refractivity contribution < 1.29 is 18.7 Å². The van der Waals surface area contributed by atoms with Crippen LogP contribution in [0.4, 0.5) is 0 Å². The van der Waals surface area contributed by atoms with Gasteiger partial charge in [0.05, 0.1) is 0 Å². The number of carbonyl (C=O) groups excluding carboxylic acids is 1. The van der Waals surface area contributed by atoms with Crippen molar-refractivity contribution in [2.45, 2.75) is 26.6 Å². The van der Waals surface area contributed by atoms with Gasteiger partial charge in [-0.3, -0.25) is 0 Å². The van der Waals surface area contributed by atoms with Crippen LogP contribution in [0.2, 0.25) is 0 Å². The first kappa shape index (κ1) is 18.7. The van der Waals surface area contributed by atoms with E-state index >= 15 is 0 Å². The highest BCUT2D eigenvalue weighted by molar-refractivity contribution is 6.07. The van der Waals surface area contributed by atoms with Crippen LogP contribution in [-0.2, 0) is 16.1 Å². The van der Waals surface area contributed by atoms with Crippen molar-refractivity contribution in [2.24, 2.45) is 0 Å². The lowest BCUT2D eigenvalue weighted by atomic mass is 10.0. The fourth-order valence-corrected chi connectivity index (χ4v) is 3.34. The third-order valence-corrected chi connectivity index (χ3v) is 4.72. The predicted molar refractivity (Wildman–Crippen MR) is 111 cm³/mol. The number of fused-ring (bicyclic) bond motifs is 3. The highest BCUT2D eigenvalue weighted by Gasteiger charge is 2.18. The lowest BCUT2D eigenvalue weighted by Crippen LogP contribution is -2.26. The van der Waals surface area contributed by atoms with E-state index in [2.05, 4.69) is 0 Å². The Morgan fingerprint density at radius 1 is 1.03 bits per heavy atom. The molecule has 29 heavy (non-hydrogen) atoms. The lowest BCUT2D eigenvalue weighted by molar-refractivity contribution is -0.152. The van der Waals surface area contributed by atoms with E-state index in [4.69, 9.17) is 13.9 Å². The molecule has 3 aromatic carbocycles. The summed E-state index contributed by atoms with van der Waals surface area (Å²) < 4.78 is 16.5. The third-order valence-electron chi connectivity index (χ3n) is 4.72. The maximum absolute atomic E-state index is 12.4. The Morgan fingerprint density at radius 2 is 1.86 bits per heavy atom. The van der Waals surface area contributed by atoms with Crippen molar-refractivity contribution in [1.82, 2.24) is 0 Å². The molecule has 0 N–H and O–H groups in total. The van der Waals surface area contributed by atoms with Crippen molar-refractivity contribution >= 4 is 27.7 Å². The Hall–Kier alpha value is -3.60. The molecule has 0 bridgehead atoms. The summed E-state index contributed by atoms with van der Waals surface area (Å²) in [6, 6.07) is 20.3. The average Bonchev–Trinajstić information content (AvgIpc) is 2.71. The standard InChI is InChI=1S/C24H20O5/c1-15-6-5-8-19(12-15)28-16(2)24(26)27-14-18-13-22(25)29-21-11-10-17-7-3-4-9-20(17)23(18)21/h3-13,16H,14H2,1-2H3/t16-/m0/s1. The number of carbonyl (C=O) groups is 1. The molecule has 0 fully saturated rings. The van der Waals surface area contributed by atoms with Crippen LogP contribution in [0.15, 0.2) is 75.9 Å². The molecule has 0 saturated carbocycles. The van der Waals surface area contributed by atoms with Crippen LogP contribution in [0, 0.1) is 6.92 Å². The Bertz CT molecular complexity index is 1260. The molecule has 0 aliphatic rings. The summed E-state index contributed by atoms with van der Waals surface area (Å²) in [4.78, 5) is 24.4. The molecule has 1 atom stereocenters. The topological polar surface area (TPSA) is 65.7 Å². The molecule has 4 aromatic rings. The van der Waals surface area contributed by atoms with Crippen LogP contribution in [0.3, 0.4) is 0 Å². The van der Waals surface area contributed by atoms with Crippen molar-refractivity contribution in [1.29, 1.82) is 0 Å². The SMILES string of the molecule is Cc1cccc(O[C@@H](C)C(=O)OCc2cc(=O)oc3ccc4ccccc4c23)c1. The monoisotopic (exact) mass is 388 g/mol. The van der Waals surface area contributed by atoms with E-state index in [-0.39, 0.29) is 6.61 Å². The molecule has 146 valence electrons. The molecule has 5 heteroatoms. The van der Waals surface area contributed by atoms with Gasteiger partial charge in [0.1, 0.15) is 17.9 Å². The summed E-state index contributed by atoms with van der Waals surface area (Å²) in [6.45, 7) is 3.54. The highest BCUT2D eigenvalue weighted by Crippen LogP contribution is 2.28. The van der Waals surface area contributed by atoms with Crippen LogP contribution in [-0.4, -0.2) is 12.1 Å². The number of rotatable bonds is 5. The van der Waals surface area contributed by atoms with Gasteiger partial charge < -0.3 is 13.9 Å². The van der Waals surface area contributed by atoms with Gasteiger partial charge in [-0.25, -0.2) is 9.59 Å². The van der Waals surface area contributed by atoms with Crippen LogP contribution < -0.4 is 10.4 Å². The quantitative estimate of drug-likeness (QED) is 0.280. The van der Waals surface area contributed by atoms with Crippen molar-refractivity contribution in [3.63, 3.8) is 0 Å². The summed E-state index contributed by atoms with van der Waals surface area (Å²) in [5.41, 5.74) is 1.62. The second kappa shape index (κ2) is 7.80. The van der Waals surface area contributed by atoms with E-state index in [0.717, 1.165) is 21.7 Å². The minimum absolute atomic E-state index is 0.0452. The van der Waals surface area contributed by atoms with Gasteiger partial charge in [-0.2, -0.15) is 0 Å². The fourth-order valence-electron chi connectivity index (χ4n) is 3.34. The van der Waals surface area contributed by atoms with Crippen LogP contribution in [0.5, 0.6) is 5.75 Å². The van der Waals surface area contributed by atoms with Gasteiger partial charge in [0, 0.05) is 17.0 Å². The maximum atomic E-state index is 12.4. The predicted octanol–water partition coefficient (Wildman–Crippen LogP) is 4.77. The Labute approximate surface area is 167 Å². The zero-order valence-corrected chi connectivity index (χ0v) is 16.2.